The van der Waals surface area contributed by atoms with Crippen LogP contribution in [0, 0.1) is 5.92 Å². The summed E-state index contributed by atoms with van der Waals surface area (Å²) in [6, 6.07) is 0. The van der Waals surface area contributed by atoms with E-state index in [0.717, 1.165) is 32.2 Å². The van der Waals surface area contributed by atoms with Crippen LogP contribution in [0.4, 0.5) is 0 Å². The first-order valence-corrected chi connectivity index (χ1v) is 7.60. The monoisotopic (exact) mass is 254 g/mol. The summed E-state index contributed by atoms with van der Waals surface area (Å²) >= 11 is 0. The molecule has 1 aliphatic heterocycles. The van der Waals surface area contributed by atoms with Crippen molar-refractivity contribution in [2.75, 3.05) is 26.2 Å². The summed E-state index contributed by atoms with van der Waals surface area (Å²) in [5.41, 5.74) is 6.41. The molecule has 1 aliphatic carbocycles. The van der Waals surface area contributed by atoms with Gasteiger partial charge in [-0.25, -0.2) is 0 Å². The lowest BCUT2D eigenvalue weighted by Crippen LogP contribution is -2.62. The number of nitrogens with two attached hydrogens (primary N) is 1. The van der Waals surface area contributed by atoms with Crippen molar-refractivity contribution in [1.82, 2.24) is 4.90 Å². The topological polar surface area (TPSA) is 38.5 Å². The zero-order valence-corrected chi connectivity index (χ0v) is 12.4. The highest BCUT2D eigenvalue weighted by atomic mass is 16.5. The van der Waals surface area contributed by atoms with Crippen LogP contribution in [-0.4, -0.2) is 42.3 Å². The Morgan fingerprint density at radius 1 is 1.28 bits per heavy atom. The standard InChI is InChI=1S/C15H30N2O/c1-4-13-5-7-15(11-16,8-6-13)17-9-10-18-14(2,3)12-17/h13H,4-12,16H2,1-3H3. The van der Waals surface area contributed by atoms with E-state index in [1.807, 2.05) is 0 Å². The molecule has 0 radical (unpaired) electrons. The van der Waals surface area contributed by atoms with Gasteiger partial charge in [-0.2, -0.15) is 0 Å². The van der Waals surface area contributed by atoms with Gasteiger partial charge in [-0.1, -0.05) is 13.3 Å². The maximum atomic E-state index is 6.16. The lowest BCUT2D eigenvalue weighted by atomic mass is 9.74. The summed E-state index contributed by atoms with van der Waals surface area (Å²) in [6.07, 6.45) is 6.59. The summed E-state index contributed by atoms with van der Waals surface area (Å²) in [6.45, 7) is 10.4. The molecule has 0 amide bonds. The smallest absolute Gasteiger partial charge is 0.0753 e. The minimum Gasteiger partial charge on any atom is -0.373 e. The van der Waals surface area contributed by atoms with Crippen LogP contribution in [0.3, 0.4) is 0 Å². The highest BCUT2D eigenvalue weighted by Gasteiger charge is 2.42. The predicted octanol–water partition coefficient (Wildman–Crippen LogP) is 2.39. The minimum atomic E-state index is -0.0119. The maximum absolute atomic E-state index is 6.16. The number of hydrogen-bond acceptors (Lipinski definition) is 3. The average molecular weight is 254 g/mol. The van der Waals surface area contributed by atoms with Crippen molar-refractivity contribution in [2.24, 2.45) is 11.7 Å². The number of rotatable bonds is 3. The van der Waals surface area contributed by atoms with Gasteiger partial charge in [0.25, 0.3) is 0 Å². The van der Waals surface area contributed by atoms with E-state index in [9.17, 15) is 0 Å². The largest absolute Gasteiger partial charge is 0.373 e. The Labute approximate surface area is 112 Å². The Kier molecular flexibility index (Phi) is 4.35. The van der Waals surface area contributed by atoms with E-state index >= 15 is 0 Å². The molecule has 2 rings (SSSR count). The minimum absolute atomic E-state index is 0.0119. The van der Waals surface area contributed by atoms with Crippen LogP contribution in [0.25, 0.3) is 0 Å². The first-order chi connectivity index (χ1) is 8.51. The number of hydrogen-bond donors (Lipinski definition) is 1. The molecule has 1 heterocycles. The van der Waals surface area contributed by atoms with Crippen molar-refractivity contribution in [1.29, 1.82) is 0 Å². The molecule has 106 valence electrons. The predicted molar refractivity (Wildman–Crippen MR) is 75.6 cm³/mol. The van der Waals surface area contributed by atoms with Crippen molar-refractivity contribution in [3.05, 3.63) is 0 Å². The molecular weight excluding hydrogens is 224 g/mol. The summed E-state index contributed by atoms with van der Waals surface area (Å²) in [7, 11) is 0. The highest BCUT2D eigenvalue weighted by molar-refractivity contribution is 4.98. The Morgan fingerprint density at radius 3 is 2.44 bits per heavy atom. The van der Waals surface area contributed by atoms with E-state index in [1.165, 1.54) is 32.1 Å². The van der Waals surface area contributed by atoms with Gasteiger partial charge >= 0.3 is 0 Å². The maximum Gasteiger partial charge on any atom is 0.0753 e. The summed E-state index contributed by atoms with van der Waals surface area (Å²) in [4.78, 5) is 2.63. The number of morpholine rings is 1. The average Bonchev–Trinajstić information content (AvgIpc) is 2.37. The third kappa shape index (κ3) is 2.89. The van der Waals surface area contributed by atoms with E-state index in [0.29, 0.717) is 0 Å². The Morgan fingerprint density at radius 2 is 1.94 bits per heavy atom. The van der Waals surface area contributed by atoms with E-state index in [-0.39, 0.29) is 11.1 Å². The second-order valence-corrected chi connectivity index (χ2v) is 6.81. The van der Waals surface area contributed by atoms with Crippen LogP contribution < -0.4 is 5.73 Å². The summed E-state index contributed by atoms with van der Waals surface area (Å²) < 4.78 is 5.84. The van der Waals surface area contributed by atoms with E-state index in [1.54, 1.807) is 0 Å². The van der Waals surface area contributed by atoms with Gasteiger partial charge < -0.3 is 10.5 Å². The lowest BCUT2D eigenvalue weighted by Gasteiger charge is -2.52. The summed E-state index contributed by atoms with van der Waals surface area (Å²) in [5.74, 6) is 0.929. The Balaban J connectivity index is 2.04. The van der Waals surface area contributed by atoms with Gasteiger partial charge in [0.05, 0.1) is 12.2 Å². The zero-order valence-electron chi connectivity index (χ0n) is 12.4. The fourth-order valence-electron chi connectivity index (χ4n) is 3.69. The molecule has 2 fully saturated rings. The fourth-order valence-corrected chi connectivity index (χ4v) is 3.69. The molecule has 0 bridgehead atoms. The van der Waals surface area contributed by atoms with Crippen LogP contribution in [0.15, 0.2) is 0 Å². The number of nitrogens with zero attached hydrogens (tertiary/aromatic N) is 1. The van der Waals surface area contributed by atoms with Crippen molar-refractivity contribution in [2.45, 2.75) is 64.0 Å². The Hall–Kier alpha value is -0.120. The summed E-state index contributed by atoms with van der Waals surface area (Å²) in [5, 5.41) is 0. The molecule has 2 N–H and O–H groups in total. The van der Waals surface area contributed by atoms with E-state index < -0.39 is 0 Å². The normalized spacial score (nSPS) is 37.7. The first-order valence-electron chi connectivity index (χ1n) is 7.60. The second-order valence-electron chi connectivity index (χ2n) is 6.81. The fraction of sp³-hybridized carbons (Fsp3) is 1.00. The number of ether oxygens (including phenoxy) is 1. The third-order valence-corrected chi connectivity index (χ3v) is 5.09. The van der Waals surface area contributed by atoms with Gasteiger partial charge in [0.1, 0.15) is 0 Å². The van der Waals surface area contributed by atoms with Crippen LogP contribution >= 0.6 is 0 Å². The second kappa shape index (κ2) is 5.48. The molecule has 0 aromatic heterocycles. The van der Waals surface area contributed by atoms with Crippen molar-refractivity contribution >= 4 is 0 Å². The molecule has 1 saturated carbocycles. The van der Waals surface area contributed by atoms with Gasteiger partial charge in [0, 0.05) is 25.2 Å². The van der Waals surface area contributed by atoms with Gasteiger partial charge in [-0.05, 0) is 45.4 Å². The molecule has 3 nitrogen and oxygen atoms in total. The van der Waals surface area contributed by atoms with Crippen molar-refractivity contribution in [3.8, 4) is 0 Å². The van der Waals surface area contributed by atoms with Gasteiger partial charge in [0.15, 0.2) is 0 Å². The molecule has 3 heteroatoms. The van der Waals surface area contributed by atoms with Crippen molar-refractivity contribution in [3.63, 3.8) is 0 Å². The Bertz CT molecular complexity index is 270. The van der Waals surface area contributed by atoms with Crippen molar-refractivity contribution < 1.29 is 4.74 Å². The molecule has 18 heavy (non-hydrogen) atoms. The molecule has 0 unspecified atom stereocenters. The molecule has 1 saturated heterocycles. The van der Waals surface area contributed by atoms with Crippen LogP contribution in [0.2, 0.25) is 0 Å². The molecular formula is C15H30N2O. The SMILES string of the molecule is CCC1CCC(CN)(N2CCOC(C)(C)C2)CC1. The third-order valence-electron chi connectivity index (χ3n) is 5.09. The lowest BCUT2D eigenvalue weighted by molar-refractivity contribution is -0.123. The van der Waals surface area contributed by atoms with Crippen LogP contribution in [0.1, 0.15) is 52.9 Å². The van der Waals surface area contributed by atoms with Crippen LogP contribution in [0.5, 0.6) is 0 Å². The van der Waals surface area contributed by atoms with Gasteiger partial charge in [0.2, 0.25) is 0 Å². The zero-order chi connectivity index (χ0) is 13.2. The molecule has 0 aromatic rings. The van der Waals surface area contributed by atoms with E-state index in [2.05, 4.69) is 25.7 Å². The van der Waals surface area contributed by atoms with Gasteiger partial charge in [-0.15, -0.1) is 0 Å². The molecule has 0 atom stereocenters. The van der Waals surface area contributed by atoms with Crippen LogP contribution in [-0.2, 0) is 4.74 Å². The molecule has 0 aromatic carbocycles. The molecule has 2 aliphatic rings. The quantitative estimate of drug-likeness (QED) is 0.840. The van der Waals surface area contributed by atoms with Gasteiger partial charge in [-0.3, -0.25) is 4.90 Å². The van der Waals surface area contributed by atoms with E-state index in [4.69, 9.17) is 10.5 Å². The highest BCUT2D eigenvalue weighted by Crippen LogP contribution is 2.38. The molecule has 0 spiro atoms. The first kappa shape index (κ1) is 14.3.